The quantitative estimate of drug-likeness (QED) is 0.840. The average Bonchev–Trinajstić information content (AvgIpc) is 2.36. The smallest absolute Gasteiger partial charge is 0.0957 e. The van der Waals surface area contributed by atoms with Crippen LogP contribution in [-0.2, 0) is 0 Å². The molecule has 0 saturated carbocycles. The van der Waals surface area contributed by atoms with Gasteiger partial charge >= 0.3 is 0 Å². The molecular formula is C15H26N2O. The lowest BCUT2D eigenvalue weighted by molar-refractivity contribution is 0.169. The second-order valence-corrected chi connectivity index (χ2v) is 5.45. The number of aliphatic hydroxyl groups excluding tert-OH is 1. The molecule has 1 unspecified atom stereocenters. The van der Waals surface area contributed by atoms with E-state index in [1.165, 1.54) is 0 Å². The largest absolute Gasteiger partial charge is 0.387 e. The summed E-state index contributed by atoms with van der Waals surface area (Å²) in [5.74, 6) is 0.691. The topological polar surface area (TPSA) is 36.4 Å². The fourth-order valence-corrected chi connectivity index (χ4v) is 2.11. The minimum absolute atomic E-state index is 0.447. The van der Waals surface area contributed by atoms with Gasteiger partial charge in [-0.3, -0.25) is 4.98 Å². The summed E-state index contributed by atoms with van der Waals surface area (Å²) in [5, 5.41) is 9.71. The highest BCUT2D eigenvalue weighted by Crippen LogP contribution is 2.20. The first-order chi connectivity index (χ1) is 8.45. The molecule has 18 heavy (non-hydrogen) atoms. The fraction of sp³-hybridized carbons (Fsp3) is 0.667. The summed E-state index contributed by atoms with van der Waals surface area (Å²) in [6.45, 7) is 8.67. The van der Waals surface area contributed by atoms with Crippen LogP contribution in [-0.4, -0.2) is 23.2 Å². The predicted octanol–water partition coefficient (Wildman–Crippen LogP) is 3.40. The van der Waals surface area contributed by atoms with Gasteiger partial charge in [0.15, 0.2) is 0 Å². The Balaban J connectivity index is 2.72. The number of pyridine rings is 1. The van der Waals surface area contributed by atoms with Crippen molar-refractivity contribution < 1.29 is 5.11 Å². The zero-order valence-corrected chi connectivity index (χ0v) is 12.2. The van der Waals surface area contributed by atoms with Crippen LogP contribution in [0.4, 0.5) is 5.69 Å². The Labute approximate surface area is 111 Å². The van der Waals surface area contributed by atoms with Gasteiger partial charge in [-0.2, -0.15) is 0 Å². The summed E-state index contributed by atoms with van der Waals surface area (Å²) in [6.07, 6.45) is 3.27. The average molecular weight is 250 g/mol. The molecule has 1 heterocycles. The van der Waals surface area contributed by atoms with E-state index in [1.54, 1.807) is 0 Å². The Morgan fingerprint density at radius 3 is 2.39 bits per heavy atom. The SMILES string of the molecule is CC[C@H](O)c1ccc(N(C)C(C)CC(C)C)cn1. The van der Waals surface area contributed by atoms with Crippen LogP contribution in [0.25, 0.3) is 0 Å². The van der Waals surface area contributed by atoms with Crippen LogP contribution >= 0.6 is 0 Å². The van der Waals surface area contributed by atoms with Crippen molar-refractivity contribution in [3.8, 4) is 0 Å². The number of aliphatic hydroxyl groups is 1. The predicted molar refractivity (Wildman–Crippen MR) is 76.8 cm³/mol. The van der Waals surface area contributed by atoms with Gasteiger partial charge < -0.3 is 10.0 Å². The molecule has 1 N–H and O–H groups in total. The Morgan fingerprint density at radius 2 is 1.94 bits per heavy atom. The molecule has 0 aliphatic rings. The maximum atomic E-state index is 9.71. The second kappa shape index (κ2) is 6.74. The van der Waals surface area contributed by atoms with E-state index >= 15 is 0 Å². The van der Waals surface area contributed by atoms with Gasteiger partial charge in [-0.1, -0.05) is 20.8 Å². The van der Waals surface area contributed by atoms with Crippen molar-refractivity contribution in [2.24, 2.45) is 5.92 Å². The Kier molecular flexibility index (Phi) is 5.60. The molecule has 3 nitrogen and oxygen atoms in total. The van der Waals surface area contributed by atoms with Crippen LogP contribution in [0.1, 0.15) is 52.3 Å². The van der Waals surface area contributed by atoms with Crippen LogP contribution in [0.15, 0.2) is 18.3 Å². The van der Waals surface area contributed by atoms with Gasteiger partial charge in [0.05, 0.1) is 23.7 Å². The van der Waals surface area contributed by atoms with E-state index in [4.69, 9.17) is 0 Å². The third-order valence-electron chi connectivity index (χ3n) is 3.38. The first-order valence-corrected chi connectivity index (χ1v) is 6.82. The van der Waals surface area contributed by atoms with Gasteiger partial charge in [0.2, 0.25) is 0 Å². The van der Waals surface area contributed by atoms with E-state index in [-0.39, 0.29) is 0 Å². The van der Waals surface area contributed by atoms with Gasteiger partial charge in [-0.15, -0.1) is 0 Å². The molecule has 0 radical (unpaired) electrons. The molecule has 0 spiro atoms. The van der Waals surface area contributed by atoms with E-state index in [0.29, 0.717) is 18.4 Å². The zero-order chi connectivity index (χ0) is 13.7. The molecule has 0 fully saturated rings. The van der Waals surface area contributed by atoms with E-state index in [9.17, 15) is 5.11 Å². The summed E-state index contributed by atoms with van der Waals surface area (Å²) < 4.78 is 0. The molecule has 0 amide bonds. The molecule has 0 aliphatic heterocycles. The minimum atomic E-state index is -0.447. The number of aromatic nitrogens is 1. The summed E-state index contributed by atoms with van der Waals surface area (Å²) in [7, 11) is 2.10. The number of rotatable bonds is 6. The van der Waals surface area contributed by atoms with Crippen LogP contribution in [0.2, 0.25) is 0 Å². The first-order valence-electron chi connectivity index (χ1n) is 6.82. The normalized spacial score (nSPS) is 14.6. The van der Waals surface area contributed by atoms with Crippen LogP contribution in [0, 0.1) is 5.92 Å². The third kappa shape index (κ3) is 3.98. The van der Waals surface area contributed by atoms with Crippen molar-refractivity contribution in [1.82, 2.24) is 4.98 Å². The maximum Gasteiger partial charge on any atom is 0.0957 e. The number of hydrogen-bond donors (Lipinski definition) is 1. The van der Waals surface area contributed by atoms with Gasteiger partial charge in [0.25, 0.3) is 0 Å². The van der Waals surface area contributed by atoms with Crippen molar-refractivity contribution in [3.05, 3.63) is 24.0 Å². The van der Waals surface area contributed by atoms with Crippen LogP contribution in [0.3, 0.4) is 0 Å². The van der Waals surface area contributed by atoms with Crippen molar-refractivity contribution in [3.63, 3.8) is 0 Å². The number of anilines is 1. The van der Waals surface area contributed by atoms with Crippen molar-refractivity contribution >= 4 is 5.69 Å². The molecule has 1 rings (SSSR count). The third-order valence-corrected chi connectivity index (χ3v) is 3.38. The highest BCUT2D eigenvalue weighted by molar-refractivity contribution is 5.44. The minimum Gasteiger partial charge on any atom is -0.387 e. The molecule has 0 aliphatic carbocycles. The first kappa shape index (κ1) is 15.0. The standard InChI is InChI=1S/C15H26N2O/c1-6-15(18)14-8-7-13(10-16-14)17(5)12(4)9-11(2)3/h7-8,10-12,15,18H,6,9H2,1-5H3/t12?,15-/m0/s1. The Hall–Kier alpha value is -1.09. The molecule has 0 bridgehead atoms. The van der Waals surface area contributed by atoms with Crippen molar-refractivity contribution in [2.75, 3.05) is 11.9 Å². The van der Waals surface area contributed by atoms with Gasteiger partial charge in [-0.05, 0) is 37.8 Å². The fourth-order valence-electron chi connectivity index (χ4n) is 2.11. The van der Waals surface area contributed by atoms with E-state index in [1.807, 2.05) is 25.3 Å². The highest BCUT2D eigenvalue weighted by atomic mass is 16.3. The van der Waals surface area contributed by atoms with E-state index in [2.05, 4.69) is 37.7 Å². The van der Waals surface area contributed by atoms with E-state index in [0.717, 1.165) is 17.8 Å². The van der Waals surface area contributed by atoms with E-state index < -0.39 is 6.10 Å². The second-order valence-electron chi connectivity index (χ2n) is 5.45. The zero-order valence-electron chi connectivity index (χ0n) is 12.2. The lowest BCUT2D eigenvalue weighted by Gasteiger charge is -2.28. The molecule has 0 saturated heterocycles. The Morgan fingerprint density at radius 1 is 1.28 bits per heavy atom. The number of hydrogen-bond acceptors (Lipinski definition) is 3. The molecule has 1 aromatic heterocycles. The van der Waals surface area contributed by atoms with Crippen LogP contribution < -0.4 is 4.90 Å². The molecular weight excluding hydrogens is 224 g/mol. The maximum absolute atomic E-state index is 9.71. The number of nitrogens with zero attached hydrogens (tertiary/aromatic N) is 2. The van der Waals surface area contributed by atoms with Gasteiger partial charge in [-0.25, -0.2) is 0 Å². The van der Waals surface area contributed by atoms with Gasteiger partial charge in [0.1, 0.15) is 0 Å². The van der Waals surface area contributed by atoms with Crippen LogP contribution in [0.5, 0.6) is 0 Å². The molecule has 102 valence electrons. The monoisotopic (exact) mass is 250 g/mol. The molecule has 2 atom stereocenters. The summed E-state index contributed by atoms with van der Waals surface area (Å²) in [6, 6.07) is 4.45. The molecule has 0 aromatic carbocycles. The molecule has 3 heteroatoms. The highest BCUT2D eigenvalue weighted by Gasteiger charge is 2.13. The molecule has 1 aromatic rings. The summed E-state index contributed by atoms with van der Waals surface area (Å²) in [4.78, 5) is 6.59. The lowest BCUT2D eigenvalue weighted by atomic mass is 10.0. The van der Waals surface area contributed by atoms with Gasteiger partial charge in [0, 0.05) is 13.1 Å². The summed E-state index contributed by atoms with van der Waals surface area (Å²) in [5.41, 5.74) is 1.86. The van der Waals surface area contributed by atoms with Crippen molar-refractivity contribution in [2.45, 2.75) is 52.7 Å². The van der Waals surface area contributed by atoms with Crippen molar-refractivity contribution in [1.29, 1.82) is 0 Å². The Bertz CT molecular complexity index is 348. The summed E-state index contributed by atoms with van der Waals surface area (Å²) >= 11 is 0. The lowest BCUT2D eigenvalue weighted by Crippen LogP contribution is -2.30.